The SMILES string of the molecule is C=CCOC(=O)C1CN(c2nnc(C)o2)CCC1=O.C=CCOC(=O)C=C.Cc1nnc(N)o1.Cc1nnc(N2CCC(=O)CC2)o1. The van der Waals surface area contributed by atoms with E-state index < -0.39 is 17.9 Å². The van der Waals surface area contributed by atoms with Gasteiger partial charge in [-0.3, -0.25) is 14.4 Å². The third kappa shape index (κ3) is 13.5. The molecule has 5 heterocycles. The van der Waals surface area contributed by atoms with Crippen molar-refractivity contribution in [2.45, 2.75) is 40.0 Å². The first-order chi connectivity index (χ1) is 22.5. The van der Waals surface area contributed by atoms with Crippen LogP contribution in [-0.4, -0.2) is 93.5 Å². The third-order valence-corrected chi connectivity index (χ3v) is 5.99. The van der Waals surface area contributed by atoms with Gasteiger partial charge >= 0.3 is 30.0 Å². The molecule has 1 unspecified atom stereocenters. The fourth-order valence-corrected chi connectivity index (χ4v) is 3.74. The Labute approximate surface area is 270 Å². The molecule has 2 aliphatic rings. The summed E-state index contributed by atoms with van der Waals surface area (Å²) in [4.78, 5) is 48.3. The van der Waals surface area contributed by atoms with Crippen LogP contribution in [0.3, 0.4) is 0 Å². The van der Waals surface area contributed by atoms with Crippen LogP contribution in [0.1, 0.15) is 36.9 Å². The second-order valence-electron chi connectivity index (χ2n) is 9.65. The molecular formula is C29H39N9O9. The van der Waals surface area contributed by atoms with Crippen LogP contribution in [0.4, 0.5) is 18.0 Å². The molecule has 2 N–H and O–H groups in total. The van der Waals surface area contributed by atoms with Crippen molar-refractivity contribution >= 4 is 41.5 Å². The topological polar surface area (TPSA) is 236 Å². The van der Waals surface area contributed by atoms with Gasteiger partial charge in [0.25, 0.3) is 0 Å². The van der Waals surface area contributed by atoms with Crippen molar-refractivity contribution < 1.29 is 41.9 Å². The summed E-state index contributed by atoms with van der Waals surface area (Å²) in [5, 5.41) is 22.1. The number of rotatable bonds is 8. The average molecular weight is 658 g/mol. The molecule has 3 aromatic heterocycles. The number of ketones is 2. The predicted molar refractivity (Wildman–Crippen MR) is 166 cm³/mol. The van der Waals surface area contributed by atoms with E-state index in [0.29, 0.717) is 68.0 Å². The molecule has 18 nitrogen and oxygen atoms in total. The zero-order valence-corrected chi connectivity index (χ0v) is 26.6. The van der Waals surface area contributed by atoms with Gasteiger partial charge in [-0.15, -0.1) is 15.3 Å². The van der Waals surface area contributed by atoms with E-state index in [1.54, 1.807) is 25.7 Å². The van der Waals surface area contributed by atoms with E-state index in [4.69, 9.17) is 19.3 Å². The molecule has 18 heteroatoms. The van der Waals surface area contributed by atoms with Crippen molar-refractivity contribution in [2.75, 3.05) is 54.9 Å². The number of carbonyl (C=O) groups excluding carboxylic acids is 4. The van der Waals surface area contributed by atoms with Crippen LogP contribution in [-0.2, 0) is 28.7 Å². The molecule has 1 atom stereocenters. The lowest BCUT2D eigenvalue weighted by Gasteiger charge is -2.28. The molecule has 254 valence electrons. The van der Waals surface area contributed by atoms with Gasteiger partial charge in [0.15, 0.2) is 5.78 Å². The summed E-state index contributed by atoms with van der Waals surface area (Å²) in [6, 6.07) is 0.981. The molecule has 0 radical (unpaired) electrons. The van der Waals surface area contributed by atoms with Crippen molar-refractivity contribution in [3.63, 3.8) is 0 Å². The van der Waals surface area contributed by atoms with Crippen molar-refractivity contribution in [1.82, 2.24) is 30.6 Å². The number of nitrogens with two attached hydrogens (primary N) is 1. The maximum absolute atomic E-state index is 11.8. The summed E-state index contributed by atoms with van der Waals surface area (Å²) in [6.45, 7) is 17.6. The lowest BCUT2D eigenvalue weighted by molar-refractivity contribution is -0.151. The number of nitrogens with zero attached hydrogens (tertiary/aromatic N) is 8. The van der Waals surface area contributed by atoms with Crippen LogP contribution in [0.25, 0.3) is 0 Å². The number of anilines is 3. The Morgan fingerprint density at radius 1 is 0.787 bits per heavy atom. The number of hydrogen-bond donors (Lipinski definition) is 1. The maximum Gasteiger partial charge on any atom is 0.330 e. The first kappa shape index (κ1) is 37.5. The van der Waals surface area contributed by atoms with Crippen molar-refractivity contribution in [3.8, 4) is 0 Å². The number of piperidine rings is 2. The summed E-state index contributed by atoms with van der Waals surface area (Å²) < 4.78 is 24.6. The van der Waals surface area contributed by atoms with E-state index in [9.17, 15) is 19.2 Å². The highest BCUT2D eigenvalue weighted by Crippen LogP contribution is 2.21. The fraction of sp³-hybridized carbons (Fsp3) is 0.448. The molecule has 5 rings (SSSR count). The average Bonchev–Trinajstić information content (AvgIpc) is 3.81. The van der Waals surface area contributed by atoms with E-state index in [-0.39, 0.29) is 38.0 Å². The Morgan fingerprint density at radius 2 is 1.30 bits per heavy atom. The highest BCUT2D eigenvalue weighted by Gasteiger charge is 2.35. The van der Waals surface area contributed by atoms with Crippen LogP contribution < -0.4 is 15.5 Å². The largest absolute Gasteiger partial charge is 0.461 e. The number of aryl methyl sites for hydroxylation is 3. The second kappa shape index (κ2) is 19.7. The van der Waals surface area contributed by atoms with Crippen molar-refractivity contribution in [1.29, 1.82) is 0 Å². The van der Waals surface area contributed by atoms with Gasteiger partial charge in [-0.25, -0.2) is 4.79 Å². The number of nitrogen functional groups attached to an aromatic ring is 1. The Hall–Kier alpha value is -5.68. The van der Waals surface area contributed by atoms with Crippen LogP contribution in [0.15, 0.2) is 51.2 Å². The molecule has 0 aliphatic carbocycles. The zero-order chi connectivity index (χ0) is 34.8. The molecule has 47 heavy (non-hydrogen) atoms. The standard InChI is InChI=1S/C12H15N3O4.C8H11N3O2.C6H8O2.C3H5N3O/c1-3-6-18-11(17)9-7-15(5-4-10(9)16)12-14-13-8(2)19-12;1-6-9-10-8(13-6)11-4-2-7(12)3-5-11;1-3-5-8-6(7)4-2;1-2-5-6-3(4)7-2/h3,9H,1,4-7H2,2H3;2-5H2,1H3;3-4H,1-2,5H2;1H3,(H2,4,6). The Kier molecular flexibility index (Phi) is 15.7. The third-order valence-electron chi connectivity index (χ3n) is 5.99. The number of Topliss-reactive ketones (excluding diaryl/α,β-unsaturated/α-hetero) is 2. The summed E-state index contributed by atoms with van der Waals surface area (Å²) in [5.41, 5.74) is 5.04. The Morgan fingerprint density at radius 3 is 1.74 bits per heavy atom. The van der Waals surface area contributed by atoms with Gasteiger partial charge in [0, 0.05) is 72.3 Å². The van der Waals surface area contributed by atoms with E-state index >= 15 is 0 Å². The van der Waals surface area contributed by atoms with Crippen LogP contribution in [0.5, 0.6) is 0 Å². The second-order valence-corrected chi connectivity index (χ2v) is 9.65. The lowest BCUT2D eigenvalue weighted by atomic mass is 9.97. The first-order valence-corrected chi connectivity index (χ1v) is 14.3. The van der Waals surface area contributed by atoms with Gasteiger partial charge in [0.05, 0.1) is 0 Å². The molecule has 0 saturated carbocycles. The number of hydrogen-bond acceptors (Lipinski definition) is 18. The molecular weight excluding hydrogens is 618 g/mol. The van der Waals surface area contributed by atoms with E-state index in [0.717, 1.165) is 6.08 Å². The quantitative estimate of drug-likeness (QED) is 0.157. The minimum atomic E-state index is -0.805. The number of carbonyl (C=O) groups is 4. The fourth-order valence-electron chi connectivity index (χ4n) is 3.74. The molecule has 2 aliphatic heterocycles. The minimum absolute atomic E-state index is 0.0995. The van der Waals surface area contributed by atoms with E-state index in [2.05, 4.69) is 59.5 Å². The summed E-state index contributed by atoms with van der Waals surface area (Å²) in [7, 11) is 0. The van der Waals surface area contributed by atoms with Gasteiger partial charge < -0.3 is 38.3 Å². The molecule has 3 aromatic rings. The Balaban J connectivity index is 0.000000237. The summed E-state index contributed by atoms with van der Waals surface area (Å²) in [6.07, 6.45) is 5.51. The number of aromatic nitrogens is 6. The van der Waals surface area contributed by atoms with Gasteiger partial charge in [0.1, 0.15) is 24.9 Å². The predicted octanol–water partition coefficient (Wildman–Crippen LogP) is 1.91. The first-order valence-electron chi connectivity index (χ1n) is 14.3. The van der Waals surface area contributed by atoms with Gasteiger partial charge in [0.2, 0.25) is 17.7 Å². The summed E-state index contributed by atoms with van der Waals surface area (Å²) in [5.74, 6) is -0.0623. The number of ether oxygens (including phenoxy) is 2. The molecule has 0 aromatic carbocycles. The summed E-state index contributed by atoms with van der Waals surface area (Å²) >= 11 is 0. The molecule has 2 fully saturated rings. The van der Waals surface area contributed by atoms with E-state index in [1.165, 1.54) is 12.2 Å². The van der Waals surface area contributed by atoms with Crippen molar-refractivity contribution in [3.05, 3.63) is 55.6 Å². The molecule has 0 spiro atoms. The highest BCUT2D eigenvalue weighted by molar-refractivity contribution is 6.00. The maximum atomic E-state index is 11.8. The van der Waals surface area contributed by atoms with Crippen LogP contribution >= 0.6 is 0 Å². The van der Waals surface area contributed by atoms with Gasteiger partial charge in [-0.2, -0.15) is 0 Å². The monoisotopic (exact) mass is 657 g/mol. The molecule has 2 saturated heterocycles. The highest BCUT2D eigenvalue weighted by atomic mass is 16.5. The van der Waals surface area contributed by atoms with Crippen molar-refractivity contribution in [2.24, 2.45) is 5.92 Å². The normalized spacial score (nSPS) is 15.4. The number of esters is 2. The van der Waals surface area contributed by atoms with Crippen LogP contribution in [0.2, 0.25) is 0 Å². The molecule has 0 bridgehead atoms. The zero-order valence-electron chi connectivity index (χ0n) is 26.6. The lowest BCUT2D eigenvalue weighted by Crippen LogP contribution is -2.45. The van der Waals surface area contributed by atoms with E-state index in [1.807, 2.05) is 4.90 Å². The molecule has 0 amide bonds. The van der Waals surface area contributed by atoms with Gasteiger partial charge in [-0.1, -0.05) is 47.2 Å². The Bertz CT molecular complexity index is 1470. The van der Waals surface area contributed by atoms with Crippen LogP contribution in [0, 0.1) is 26.7 Å². The smallest absolute Gasteiger partial charge is 0.330 e. The minimum Gasteiger partial charge on any atom is -0.461 e. The van der Waals surface area contributed by atoms with Gasteiger partial charge in [-0.05, 0) is 0 Å².